The van der Waals surface area contributed by atoms with Crippen LogP contribution in [0.5, 0.6) is 0 Å². The summed E-state index contributed by atoms with van der Waals surface area (Å²) in [5.74, 6) is 0. The van der Waals surface area contributed by atoms with Gasteiger partial charge in [0.05, 0.1) is 0 Å². The summed E-state index contributed by atoms with van der Waals surface area (Å²) in [6, 6.07) is 0. The zero-order valence-corrected chi connectivity index (χ0v) is 16.1. The molecule has 14 heteroatoms. The van der Waals surface area contributed by atoms with E-state index in [-0.39, 0.29) is 106 Å². The average Bonchev–Trinajstić information content (AvgIpc) is 1.12. The van der Waals surface area contributed by atoms with Gasteiger partial charge in [-0.2, -0.15) is 7.82 Å². The third-order valence-corrected chi connectivity index (χ3v) is 0. The van der Waals surface area contributed by atoms with Crippen LogP contribution in [0.3, 0.4) is 0 Å². The Morgan fingerprint density at radius 2 is 0.857 bits per heavy atom. The summed E-state index contributed by atoms with van der Waals surface area (Å²) in [7, 11) is -10.6. The second kappa shape index (κ2) is 16.5. The smallest absolute Gasteiger partial charge is 0.822 e. The van der Waals surface area contributed by atoms with Gasteiger partial charge in [-0.3, -0.25) is 8.42 Å². The molecule has 0 rings (SSSR count). The van der Waals surface area contributed by atoms with Crippen molar-refractivity contribution >= 4 is 18.2 Å². The van der Waals surface area contributed by atoms with Crippen LogP contribution >= 0.6 is 7.82 Å². The topological polar surface area (TPSA) is 167 Å². The minimum absolute atomic E-state index is 0. The van der Waals surface area contributed by atoms with E-state index >= 15 is 0 Å². The maximum Gasteiger partial charge on any atom is 2.00 e. The van der Waals surface area contributed by atoms with Crippen LogP contribution in [0.4, 0.5) is 0 Å². The molecule has 0 unspecified atom stereocenters. The van der Waals surface area contributed by atoms with E-state index < -0.39 is 18.2 Å². The molecule has 0 atom stereocenters. The molecule has 0 aliphatic heterocycles. The Kier molecular flexibility index (Phi) is 42.5. The van der Waals surface area contributed by atoms with Gasteiger partial charge in [0.2, 0.25) is 0 Å². The first-order valence-corrected chi connectivity index (χ1v) is 4.19. The predicted octanol–water partition coefficient (Wildman–Crippen LogP) is -13.2. The molecule has 0 saturated carbocycles. The second-order valence-electron chi connectivity index (χ2n) is 0.855. The largest absolute Gasteiger partial charge is 2.00 e. The molecule has 0 fully saturated rings. The van der Waals surface area contributed by atoms with Gasteiger partial charge in [0.15, 0.2) is 0 Å². The molecule has 0 saturated heterocycles. The zero-order valence-electron chi connectivity index (χ0n) is 7.42. The fourth-order valence-corrected chi connectivity index (χ4v) is 0. The van der Waals surface area contributed by atoms with E-state index in [4.69, 9.17) is 36.8 Å². The molecule has 0 aliphatic carbocycles. The van der Waals surface area contributed by atoms with Crippen molar-refractivity contribution < 1.29 is 143 Å². The summed E-state index contributed by atoms with van der Waals surface area (Å²) in [6.07, 6.45) is 0. The van der Waals surface area contributed by atoms with Gasteiger partial charge < -0.3 is 28.4 Å². The third-order valence-electron chi connectivity index (χ3n) is 0. The van der Waals surface area contributed by atoms with Crippen LogP contribution in [0.15, 0.2) is 0 Å². The molecule has 0 bridgehead atoms. The Hall–Kier alpha value is 3.50. The van der Waals surface area contributed by atoms with Crippen LogP contribution in [-0.2, 0) is 32.0 Å². The van der Waals surface area contributed by atoms with Gasteiger partial charge in [0.25, 0.3) is 0 Å². The molecular weight excluding hydrogens is 324 g/mol. The van der Waals surface area contributed by atoms with Crippen molar-refractivity contribution in [2.24, 2.45) is 0 Å². The molecule has 0 aromatic carbocycles. The Balaban J connectivity index is -0.0000000178. The summed E-state index contributed by atoms with van der Waals surface area (Å²) < 4.78 is 42.6. The molecule has 0 heterocycles. The van der Waals surface area contributed by atoms with E-state index in [1.165, 1.54) is 0 Å². The van der Waals surface area contributed by atoms with Crippen molar-refractivity contribution in [3.63, 3.8) is 0 Å². The van der Waals surface area contributed by atoms with E-state index in [0.29, 0.717) is 0 Å². The van der Waals surface area contributed by atoms with Gasteiger partial charge in [-0.05, 0) is 0 Å². The normalized spacial score (nSPS) is 8.36. The van der Waals surface area contributed by atoms with E-state index in [1.54, 1.807) is 0 Å². The van der Waals surface area contributed by atoms with Crippen molar-refractivity contribution in [2.45, 2.75) is 0 Å². The number of phosphoric acid groups is 1. The van der Waals surface area contributed by atoms with Crippen LogP contribution in [-0.4, -0.2) is 17.5 Å². The van der Waals surface area contributed by atoms with Crippen LogP contribution < -0.4 is 103 Å². The quantitative estimate of drug-likeness (QED) is 0.183. The predicted molar refractivity (Wildman–Crippen MR) is 18.1 cm³/mol. The van der Waals surface area contributed by atoms with Crippen molar-refractivity contribution in [1.82, 2.24) is 0 Å². The molecule has 0 amide bonds. The maximum absolute atomic E-state index is 8.55. The van der Waals surface area contributed by atoms with Gasteiger partial charge in [0.1, 0.15) is 0 Å². The molecule has 1 radical (unpaired) electrons. The first-order chi connectivity index (χ1) is 4.00. The Bertz CT molecular complexity index is 202. The Morgan fingerprint density at radius 3 is 0.857 bits per heavy atom. The Labute approximate surface area is 158 Å². The molecule has 73 valence electrons. The molecule has 0 spiro atoms. The fourth-order valence-electron chi connectivity index (χ4n) is 0. The van der Waals surface area contributed by atoms with Gasteiger partial charge >= 0.3 is 106 Å². The SMILES string of the molecule is O=P([O-])([O-])[O-].O=S(=O)([O-])[O-].[Cu+2].[Na+].[Na+].[Na+]. The van der Waals surface area contributed by atoms with Crippen molar-refractivity contribution in [3.8, 4) is 0 Å². The van der Waals surface area contributed by atoms with Gasteiger partial charge in [-0.15, -0.1) is 0 Å². The minimum atomic E-state index is -5.39. The second-order valence-corrected chi connectivity index (χ2v) is 2.57. The van der Waals surface area contributed by atoms with E-state index in [9.17, 15) is 0 Å². The summed E-state index contributed by atoms with van der Waals surface area (Å²) >= 11 is 0. The standard InChI is InChI=1S/Cu.3Na.H3O4P.H2O4S/c;;;;2*1-5(2,3)4/h;;;;(H3,1,2,3,4);(H2,1,2,3,4)/q+2;3*+1;;/p-5. The fraction of sp³-hybridized carbons (Fsp3) is 0. The molecule has 8 nitrogen and oxygen atoms in total. The minimum Gasteiger partial charge on any atom is -0.822 e. The average molecular weight is 324 g/mol. The first-order valence-electron chi connectivity index (χ1n) is 1.40. The number of hydrogen-bond acceptors (Lipinski definition) is 8. The monoisotopic (exact) mass is 323 g/mol. The van der Waals surface area contributed by atoms with Crippen LogP contribution in [0, 0.1) is 0 Å². The zero-order chi connectivity index (χ0) is 9.00. The number of rotatable bonds is 0. The summed E-state index contributed by atoms with van der Waals surface area (Å²) in [5.41, 5.74) is 0. The molecule has 0 aromatic rings. The van der Waals surface area contributed by atoms with Gasteiger partial charge in [-0.1, -0.05) is 0 Å². The van der Waals surface area contributed by atoms with Crippen LogP contribution in [0.1, 0.15) is 0 Å². The summed E-state index contributed by atoms with van der Waals surface area (Å²) in [6.45, 7) is 0. The summed E-state index contributed by atoms with van der Waals surface area (Å²) in [5, 5.41) is 0. The Morgan fingerprint density at radius 1 is 0.857 bits per heavy atom. The van der Waals surface area contributed by atoms with E-state index in [1.807, 2.05) is 0 Å². The third kappa shape index (κ3) is 266. The van der Waals surface area contributed by atoms with Gasteiger partial charge in [-0.25, -0.2) is 0 Å². The van der Waals surface area contributed by atoms with Crippen LogP contribution in [0.25, 0.3) is 0 Å². The first kappa shape index (κ1) is 36.0. The van der Waals surface area contributed by atoms with Crippen molar-refractivity contribution in [1.29, 1.82) is 0 Å². The molecule has 0 N–H and O–H groups in total. The molecule has 14 heavy (non-hydrogen) atoms. The summed E-state index contributed by atoms with van der Waals surface area (Å²) in [4.78, 5) is 25.6. The van der Waals surface area contributed by atoms with Crippen molar-refractivity contribution in [3.05, 3.63) is 0 Å². The molecule has 0 aliphatic rings. The van der Waals surface area contributed by atoms with Crippen molar-refractivity contribution in [2.75, 3.05) is 0 Å². The molecule has 0 aromatic heterocycles. The van der Waals surface area contributed by atoms with E-state index in [2.05, 4.69) is 0 Å². The maximum atomic E-state index is 8.55. The molecular formula is CuNa3O8PS. The number of hydrogen-bond donors (Lipinski definition) is 0. The van der Waals surface area contributed by atoms with Gasteiger partial charge in [0, 0.05) is 10.4 Å². The van der Waals surface area contributed by atoms with E-state index in [0.717, 1.165) is 0 Å². The van der Waals surface area contributed by atoms with Crippen LogP contribution in [0.2, 0.25) is 0 Å².